The van der Waals surface area contributed by atoms with Crippen molar-refractivity contribution in [2.24, 2.45) is 0 Å². The highest BCUT2D eigenvalue weighted by atomic mass is 16.5. The molecule has 0 aromatic carbocycles. The fourth-order valence-corrected chi connectivity index (χ4v) is 2.44. The average Bonchev–Trinajstić information content (AvgIpc) is 2.54. The molecule has 0 bridgehead atoms. The fraction of sp³-hybridized carbons (Fsp3) is 0.267. The van der Waals surface area contributed by atoms with Crippen LogP contribution in [0, 0.1) is 0 Å². The summed E-state index contributed by atoms with van der Waals surface area (Å²) in [6, 6.07) is 2.87. The van der Waals surface area contributed by atoms with Gasteiger partial charge in [0.1, 0.15) is 11.5 Å². The predicted octanol–water partition coefficient (Wildman–Crippen LogP) is 0.872. The third-order valence-electron chi connectivity index (χ3n) is 3.58. The lowest BCUT2D eigenvalue weighted by molar-refractivity contribution is 0.0696. The number of morpholine rings is 1. The molecule has 0 radical (unpaired) electrons. The molecular weight excluding hydrogens is 286 g/mol. The summed E-state index contributed by atoms with van der Waals surface area (Å²) in [5.74, 6) is -0.534. The van der Waals surface area contributed by atoms with E-state index in [0.29, 0.717) is 43.3 Å². The van der Waals surface area contributed by atoms with Gasteiger partial charge in [0.15, 0.2) is 0 Å². The Hall–Kier alpha value is -2.67. The number of fused-ring (bicyclic) bond motifs is 1. The highest BCUT2D eigenvalue weighted by molar-refractivity contribution is 5.89. The lowest BCUT2D eigenvalue weighted by atomic mass is 10.2. The molecule has 7 heteroatoms. The van der Waals surface area contributed by atoms with Gasteiger partial charge in [0.05, 0.1) is 18.8 Å². The molecule has 0 atom stereocenters. The largest absolute Gasteiger partial charge is 0.478 e. The fourth-order valence-electron chi connectivity index (χ4n) is 2.44. The maximum absolute atomic E-state index is 12.3. The van der Waals surface area contributed by atoms with E-state index in [1.807, 2.05) is 4.90 Å². The van der Waals surface area contributed by atoms with Crippen molar-refractivity contribution in [1.29, 1.82) is 0 Å². The van der Waals surface area contributed by atoms with Gasteiger partial charge in [-0.05, 0) is 6.07 Å². The topological polar surface area (TPSA) is 84.1 Å². The smallest absolute Gasteiger partial charge is 0.337 e. The maximum atomic E-state index is 12.3. The Balaban J connectivity index is 2.20. The van der Waals surface area contributed by atoms with Crippen LogP contribution in [0.15, 0.2) is 29.7 Å². The van der Waals surface area contributed by atoms with E-state index in [2.05, 4.69) is 11.6 Å². The quantitative estimate of drug-likeness (QED) is 0.905. The second kappa shape index (κ2) is 5.61. The SMILES string of the molecule is C=Cc1cc(C(=O)O)cn2c(=O)cc(N3CCOCC3)nc12. The third kappa shape index (κ3) is 2.46. The predicted molar refractivity (Wildman–Crippen MR) is 81.5 cm³/mol. The molecule has 3 heterocycles. The number of hydrogen-bond acceptors (Lipinski definition) is 5. The Morgan fingerprint density at radius 3 is 2.73 bits per heavy atom. The molecule has 3 rings (SSSR count). The van der Waals surface area contributed by atoms with Crippen molar-refractivity contribution < 1.29 is 14.6 Å². The van der Waals surface area contributed by atoms with Crippen molar-refractivity contribution in [3.63, 3.8) is 0 Å². The molecular formula is C15H15N3O4. The van der Waals surface area contributed by atoms with Gasteiger partial charge in [-0.3, -0.25) is 9.20 Å². The number of carboxylic acids is 1. The van der Waals surface area contributed by atoms with E-state index >= 15 is 0 Å². The summed E-state index contributed by atoms with van der Waals surface area (Å²) in [5, 5.41) is 9.12. The van der Waals surface area contributed by atoms with Crippen molar-refractivity contribution in [3.05, 3.63) is 46.4 Å². The molecule has 1 aliphatic heterocycles. The Labute approximate surface area is 126 Å². The highest BCUT2D eigenvalue weighted by Gasteiger charge is 2.16. The number of pyridine rings is 1. The molecule has 1 saturated heterocycles. The van der Waals surface area contributed by atoms with Crippen LogP contribution in [0.5, 0.6) is 0 Å². The van der Waals surface area contributed by atoms with Gasteiger partial charge in [-0.25, -0.2) is 9.78 Å². The zero-order chi connectivity index (χ0) is 15.7. The number of carboxylic acid groups (broad SMARTS) is 1. The molecule has 1 N–H and O–H groups in total. The molecule has 2 aromatic heterocycles. The van der Waals surface area contributed by atoms with Crippen molar-refractivity contribution in [2.45, 2.75) is 0 Å². The Morgan fingerprint density at radius 2 is 2.09 bits per heavy atom. The lowest BCUT2D eigenvalue weighted by Gasteiger charge is -2.27. The summed E-state index contributed by atoms with van der Waals surface area (Å²) in [7, 11) is 0. The van der Waals surface area contributed by atoms with Gasteiger partial charge in [0, 0.05) is 30.9 Å². The van der Waals surface area contributed by atoms with Crippen LogP contribution in [0.4, 0.5) is 5.82 Å². The zero-order valence-corrected chi connectivity index (χ0v) is 11.9. The summed E-state index contributed by atoms with van der Waals surface area (Å²) in [6.45, 7) is 6.18. The average molecular weight is 301 g/mol. The van der Waals surface area contributed by atoms with Crippen LogP contribution in [0.3, 0.4) is 0 Å². The molecule has 0 unspecified atom stereocenters. The van der Waals surface area contributed by atoms with E-state index in [1.165, 1.54) is 28.8 Å². The number of nitrogens with zero attached hydrogens (tertiary/aromatic N) is 3. The van der Waals surface area contributed by atoms with Crippen LogP contribution in [0.2, 0.25) is 0 Å². The van der Waals surface area contributed by atoms with Crippen molar-refractivity contribution >= 4 is 23.5 Å². The van der Waals surface area contributed by atoms with E-state index in [0.717, 1.165) is 0 Å². The molecule has 1 fully saturated rings. The van der Waals surface area contributed by atoms with Gasteiger partial charge in [-0.2, -0.15) is 0 Å². The van der Waals surface area contributed by atoms with Crippen LogP contribution in [0.25, 0.3) is 11.7 Å². The Kier molecular flexibility index (Phi) is 3.64. The van der Waals surface area contributed by atoms with Crippen LogP contribution in [-0.4, -0.2) is 46.8 Å². The Bertz CT molecular complexity index is 806. The first-order valence-corrected chi connectivity index (χ1v) is 6.86. The molecule has 7 nitrogen and oxygen atoms in total. The van der Waals surface area contributed by atoms with Crippen LogP contribution in [-0.2, 0) is 4.74 Å². The number of anilines is 1. The number of aromatic nitrogens is 2. The summed E-state index contributed by atoms with van der Waals surface area (Å²) >= 11 is 0. The van der Waals surface area contributed by atoms with E-state index in [9.17, 15) is 9.59 Å². The minimum Gasteiger partial charge on any atom is -0.478 e. The molecule has 2 aromatic rings. The highest BCUT2D eigenvalue weighted by Crippen LogP contribution is 2.17. The summed E-state index contributed by atoms with van der Waals surface area (Å²) in [5.41, 5.74) is 0.601. The molecule has 1 aliphatic rings. The Morgan fingerprint density at radius 1 is 1.36 bits per heavy atom. The number of hydrogen-bond donors (Lipinski definition) is 1. The molecule has 0 amide bonds. The van der Waals surface area contributed by atoms with Gasteiger partial charge in [-0.15, -0.1) is 0 Å². The minimum absolute atomic E-state index is 0.0189. The van der Waals surface area contributed by atoms with Crippen molar-refractivity contribution in [1.82, 2.24) is 9.38 Å². The van der Waals surface area contributed by atoms with E-state index in [4.69, 9.17) is 9.84 Å². The summed E-state index contributed by atoms with van der Waals surface area (Å²) in [6.07, 6.45) is 2.78. The molecule has 0 spiro atoms. The second-order valence-electron chi connectivity index (χ2n) is 4.94. The number of aromatic carboxylic acids is 1. The number of ether oxygens (including phenoxy) is 1. The maximum Gasteiger partial charge on any atom is 0.337 e. The first kappa shape index (κ1) is 14.3. The standard InChI is InChI=1S/C15H15N3O4/c1-2-10-7-11(15(20)21)9-18-13(19)8-12(16-14(10)18)17-3-5-22-6-4-17/h2,7-9H,1,3-6H2,(H,20,21). The summed E-state index contributed by atoms with van der Waals surface area (Å²) < 4.78 is 6.53. The van der Waals surface area contributed by atoms with Gasteiger partial charge in [-0.1, -0.05) is 12.7 Å². The molecule has 0 saturated carbocycles. The van der Waals surface area contributed by atoms with Gasteiger partial charge < -0.3 is 14.7 Å². The van der Waals surface area contributed by atoms with Gasteiger partial charge >= 0.3 is 5.97 Å². The van der Waals surface area contributed by atoms with Gasteiger partial charge in [0.25, 0.3) is 5.56 Å². The first-order valence-electron chi connectivity index (χ1n) is 6.86. The third-order valence-corrected chi connectivity index (χ3v) is 3.58. The van der Waals surface area contributed by atoms with E-state index < -0.39 is 5.97 Å². The monoisotopic (exact) mass is 301 g/mol. The zero-order valence-electron chi connectivity index (χ0n) is 11.9. The molecule has 0 aliphatic carbocycles. The van der Waals surface area contributed by atoms with E-state index in [1.54, 1.807) is 0 Å². The normalized spacial score (nSPS) is 15.0. The van der Waals surface area contributed by atoms with Crippen LogP contribution < -0.4 is 10.5 Å². The van der Waals surface area contributed by atoms with Gasteiger partial charge in [0.2, 0.25) is 0 Å². The first-order chi connectivity index (χ1) is 10.6. The second-order valence-corrected chi connectivity index (χ2v) is 4.94. The lowest BCUT2D eigenvalue weighted by Crippen LogP contribution is -2.37. The van der Waals surface area contributed by atoms with Crippen LogP contribution in [0.1, 0.15) is 15.9 Å². The summed E-state index contributed by atoms with van der Waals surface area (Å²) in [4.78, 5) is 29.9. The van der Waals surface area contributed by atoms with Crippen molar-refractivity contribution in [2.75, 3.05) is 31.2 Å². The van der Waals surface area contributed by atoms with E-state index in [-0.39, 0.29) is 11.1 Å². The number of rotatable bonds is 3. The van der Waals surface area contributed by atoms with Crippen LogP contribution >= 0.6 is 0 Å². The molecule has 114 valence electrons. The van der Waals surface area contributed by atoms with Crippen molar-refractivity contribution in [3.8, 4) is 0 Å². The number of carbonyl (C=O) groups is 1. The molecule has 22 heavy (non-hydrogen) atoms. The minimum atomic E-state index is -1.10.